The van der Waals surface area contributed by atoms with E-state index in [2.05, 4.69) is 0 Å². The second kappa shape index (κ2) is 6.48. The van der Waals surface area contributed by atoms with Crippen molar-refractivity contribution in [1.82, 2.24) is 0 Å². The van der Waals surface area contributed by atoms with Gasteiger partial charge in [-0.3, -0.25) is 9.00 Å². The second-order valence-corrected chi connectivity index (χ2v) is 6.87. The number of carbonyl (C=O) groups excluding carboxylic acids is 1. The maximum Gasteiger partial charge on any atom is 0.175 e. The van der Waals surface area contributed by atoms with Gasteiger partial charge in [0.15, 0.2) is 5.78 Å². The molecule has 2 rings (SSSR count). The smallest absolute Gasteiger partial charge is 0.175 e. The van der Waals surface area contributed by atoms with Crippen molar-refractivity contribution in [3.05, 3.63) is 34.9 Å². The molecule has 4 heteroatoms. The summed E-state index contributed by atoms with van der Waals surface area (Å²) in [5.74, 6) is 0.0618. The van der Waals surface area contributed by atoms with E-state index < -0.39 is 10.8 Å². The quantitative estimate of drug-likeness (QED) is 0.792. The highest BCUT2D eigenvalue weighted by atomic mass is 35.5. The van der Waals surface area contributed by atoms with Crippen molar-refractivity contribution in [3.63, 3.8) is 0 Å². The summed E-state index contributed by atoms with van der Waals surface area (Å²) in [6.07, 6.45) is 5.50. The molecule has 0 bridgehead atoms. The van der Waals surface area contributed by atoms with E-state index in [0.29, 0.717) is 10.6 Å². The van der Waals surface area contributed by atoms with E-state index in [4.69, 9.17) is 11.6 Å². The van der Waals surface area contributed by atoms with Crippen LogP contribution in [-0.4, -0.2) is 21.0 Å². The molecule has 1 aromatic rings. The summed E-state index contributed by atoms with van der Waals surface area (Å²) in [7, 11) is -1.04. The van der Waals surface area contributed by atoms with Gasteiger partial charge in [-0.2, -0.15) is 0 Å². The summed E-state index contributed by atoms with van der Waals surface area (Å²) in [5, 5.41) is 0.756. The predicted octanol–water partition coefficient (Wildman–Crippen LogP) is 3.60. The van der Waals surface area contributed by atoms with Crippen LogP contribution in [0, 0.1) is 0 Å². The van der Waals surface area contributed by atoms with Gasteiger partial charge in [0.1, 0.15) is 0 Å². The third-order valence-corrected chi connectivity index (χ3v) is 5.34. The predicted molar refractivity (Wildman–Crippen MR) is 75.7 cm³/mol. The Labute approximate surface area is 115 Å². The molecule has 1 saturated carbocycles. The zero-order valence-corrected chi connectivity index (χ0v) is 11.8. The van der Waals surface area contributed by atoms with Crippen LogP contribution in [0.15, 0.2) is 24.3 Å². The highest BCUT2D eigenvalue weighted by molar-refractivity contribution is 7.86. The number of halogens is 1. The van der Waals surface area contributed by atoms with E-state index >= 15 is 0 Å². The van der Waals surface area contributed by atoms with Crippen molar-refractivity contribution in [2.24, 2.45) is 0 Å². The van der Waals surface area contributed by atoms with Gasteiger partial charge in [-0.1, -0.05) is 43.0 Å². The Morgan fingerprint density at radius 2 is 2.00 bits per heavy atom. The lowest BCUT2D eigenvalue weighted by Crippen LogP contribution is -2.24. The number of Topliss-reactive ketones (excluding diaryl/α,β-unsaturated/α-hetero) is 1. The first-order valence-corrected chi connectivity index (χ1v) is 8.09. The van der Waals surface area contributed by atoms with Crippen molar-refractivity contribution < 1.29 is 9.00 Å². The van der Waals surface area contributed by atoms with E-state index in [1.165, 1.54) is 6.42 Å². The fourth-order valence-electron chi connectivity index (χ4n) is 2.32. The van der Waals surface area contributed by atoms with Crippen LogP contribution in [0.25, 0.3) is 0 Å². The Morgan fingerprint density at radius 1 is 1.28 bits per heavy atom. The number of carbonyl (C=O) groups is 1. The largest absolute Gasteiger partial charge is 0.293 e. The molecule has 1 aliphatic carbocycles. The molecule has 0 radical (unpaired) electrons. The molecule has 1 aliphatic rings. The monoisotopic (exact) mass is 284 g/mol. The maximum absolute atomic E-state index is 12.1. The van der Waals surface area contributed by atoms with Crippen LogP contribution in [0.3, 0.4) is 0 Å². The molecule has 1 unspecified atom stereocenters. The van der Waals surface area contributed by atoms with Gasteiger partial charge >= 0.3 is 0 Å². The van der Waals surface area contributed by atoms with E-state index in [1.54, 1.807) is 24.3 Å². The minimum absolute atomic E-state index is 0.0681. The zero-order chi connectivity index (χ0) is 13.0. The summed E-state index contributed by atoms with van der Waals surface area (Å²) in [4.78, 5) is 12.0. The number of benzene rings is 1. The highest BCUT2D eigenvalue weighted by Gasteiger charge is 2.22. The van der Waals surface area contributed by atoms with Gasteiger partial charge < -0.3 is 0 Å². The topological polar surface area (TPSA) is 34.1 Å². The van der Waals surface area contributed by atoms with Gasteiger partial charge in [0.2, 0.25) is 0 Å². The lowest BCUT2D eigenvalue weighted by Gasteiger charge is -2.20. The summed E-state index contributed by atoms with van der Waals surface area (Å²) in [6.45, 7) is 0. The number of hydrogen-bond donors (Lipinski definition) is 0. The van der Waals surface area contributed by atoms with E-state index in [-0.39, 0.29) is 16.8 Å². The molecular formula is C14H17ClO2S. The first-order chi connectivity index (χ1) is 8.66. The molecule has 1 aromatic carbocycles. The SMILES string of the molecule is O=C(CS(=O)C1CCCCC1)c1cccc(Cl)c1. The third-order valence-electron chi connectivity index (χ3n) is 3.34. The zero-order valence-electron chi connectivity index (χ0n) is 10.2. The van der Waals surface area contributed by atoms with Crippen LogP contribution < -0.4 is 0 Å². The molecular weight excluding hydrogens is 268 g/mol. The Bertz CT molecular complexity index is 453. The minimum atomic E-state index is -1.04. The van der Waals surface area contributed by atoms with Gasteiger partial charge in [-0.15, -0.1) is 0 Å². The standard InChI is InChI=1S/C14H17ClO2S/c15-12-6-4-5-11(9-12)14(16)10-18(17)13-7-2-1-3-8-13/h4-6,9,13H,1-3,7-8,10H2. The molecule has 0 saturated heterocycles. The van der Waals surface area contributed by atoms with Gasteiger partial charge in [0.25, 0.3) is 0 Å². The van der Waals surface area contributed by atoms with Crippen LogP contribution in [0.2, 0.25) is 5.02 Å². The van der Waals surface area contributed by atoms with Crippen LogP contribution in [-0.2, 0) is 10.8 Å². The van der Waals surface area contributed by atoms with Crippen molar-refractivity contribution >= 4 is 28.2 Å². The number of hydrogen-bond acceptors (Lipinski definition) is 2. The number of rotatable bonds is 4. The fraction of sp³-hybridized carbons (Fsp3) is 0.500. The molecule has 1 fully saturated rings. The summed E-state index contributed by atoms with van der Waals surface area (Å²) < 4.78 is 12.1. The first-order valence-electron chi connectivity index (χ1n) is 6.33. The van der Waals surface area contributed by atoms with E-state index in [9.17, 15) is 9.00 Å². The van der Waals surface area contributed by atoms with Gasteiger partial charge in [0.05, 0.1) is 5.75 Å². The third kappa shape index (κ3) is 3.66. The lowest BCUT2D eigenvalue weighted by molar-refractivity contribution is 0.102. The Balaban J connectivity index is 1.96. The highest BCUT2D eigenvalue weighted by Crippen LogP contribution is 2.22. The number of ketones is 1. The Morgan fingerprint density at radius 3 is 2.67 bits per heavy atom. The fourth-order valence-corrected chi connectivity index (χ4v) is 4.03. The molecule has 1 atom stereocenters. The summed E-state index contributed by atoms with van der Waals surface area (Å²) >= 11 is 5.85. The van der Waals surface area contributed by atoms with Crippen molar-refractivity contribution in [2.45, 2.75) is 37.4 Å². The van der Waals surface area contributed by atoms with Crippen LogP contribution >= 0.6 is 11.6 Å². The lowest BCUT2D eigenvalue weighted by atomic mass is 10.0. The van der Waals surface area contributed by atoms with Crippen molar-refractivity contribution in [1.29, 1.82) is 0 Å². The van der Waals surface area contributed by atoms with Crippen LogP contribution in [0.4, 0.5) is 0 Å². The van der Waals surface area contributed by atoms with Crippen molar-refractivity contribution in [3.8, 4) is 0 Å². The average Bonchev–Trinajstić information content (AvgIpc) is 2.39. The Hall–Kier alpha value is -0.670. The first kappa shape index (κ1) is 13.8. The molecule has 0 spiro atoms. The molecule has 0 aromatic heterocycles. The average molecular weight is 285 g/mol. The summed E-state index contributed by atoms with van der Waals surface area (Å²) in [5.41, 5.74) is 0.562. The van der Waals surface area contributed by atoms with Gasteiger partial charge in [-0.05, 0) is 25.0 Å². The molecule has 98 valence electrons. The Kier molecular flexibility index (Phi) is 4.95. The van der Waals surface area contributed by atoms with E-state index in [0.717, 1.165) is 25.7 Å². The molecule has 0 amide bonds. The van der Waals surface area contributed by atoms with Crippen LogP contribution in [0.1, 0.15) is 42.5 Å². The maximum atomic E-state index is 12.1. The molecule has 0 aliphatic heterocycles. The molecule has 0 N–H and O–H groups in total. The van der Waals surface area contributed by atoms with Crippen molar-refractivity contribution in [2.75, 3.05) is 5.75 Å². The summed E-state index contributed by atoms with van der Waals surface area (Å²) in [6, 6.07) is 6.85. The van der Waals surface area contributed by atoms with E-state index in [1.807, 2.05) is 0 Å². The second-order valence-electron chi connectivity index (χ2n) is 4.72. The molecule has 18 heavy (non-hydrogen) atoms. The minimum Gasteiger partial charge on any atom is -0.293 e. The normalized spacial score (nSPS) is 18.5. The van der Waals surface area contributed by atoms with Gasteiger partial charge in [-0.25, -0.2) is 0 Å². The van der Waals surface area contributed by atoms with Gasteiger partial charge in [0, 0.05) is 26.6 Å². The molecule has 2 nitrogen and oxygen atoms in total. The van der Waals surface area contributed by atoms with Crippen LogP contribution in [0.5, 0.6) is 0 Å². The molecule has 0 heterocycles.